The Kier molecular flexibility index (Phi) is 16.2. The van der Waals surface area contributed by atoms with Gasteiger partial charge in [0, 0.05) is 13.8 Å². The highest BCUT2D eigenvalue weighted by Crippen LogP contribution is 2.35. The van der Waals surface area contributed by atoms with E-state index >= 15 is 0 Å². The maximum absolute atomic E-state index is 12.5. The van der Waals surface area contributed by atoms with Gasteiger partial charge in [0.1, 0.15) is 96.8 Å². The first-order chi connectivity index (χ1) is 28.8. The molecule has 26 nitrogen and oxygen atoms in total. The van der Waals surface area contributed by atoms with Gasteiger partial charge in [-0.2, -0.15) is 0 Å². The Bertz CT molecular complexity index is 1660. The average molecular weight is 883 g/mol. The van der Waals surface area contributed by atoms with Crippen LogP contribution in [0.5, 0.6) is 11.5 Å². The summed E-state index contributed by atoms with van der Waals surface area (Å²) in [5, 5.41) is 122. The molecule has 1 aromatic carbocycles. The van der Waals surface area contributed by atoms with Gasteiger partial charge in [0.15, 0.2) is 31.1 Å². The lowest BCUT2D eigenvalue weighted by atomic mass is 9.94. The van der Waals surface area contributed by atoms with Crippen LogP contribution in [0.3, 0.4) is 0 Å². The van der Waals surface area contributed by atoms with Crippen molar-refractivity contribution in [3.05, 3.63) is 24.3 Å². The van der Waals surface area contributed by atoms with Gasteiger partial charge in [-0.3, -0.25) is 9.59 Å². The number of aliphatic carboxylic acids is 2. The molecule has 4 saturated heterocycles. The van der Waals surface area contributed by atoms with Crippen LogP contribution < -0.4 is 20.1 Å². The predicted molar refractivity (Wildman–Crippen MR) is 190 cm³/mol. The number of carboxylic acids is 2. The number of aliphatic hydroxyl groups is 9. The topological polar surface area (TPSA) is 398 Å². The maximum Gasteiger partial charge on any atom is 0.335 e. The van der Waals surface area contributed by atoms with Gasteiger partial charge in [-0.05, 0) is 24.3 Å². The van der Waals surface area contributed by atoms with Gasteiger partial charge in [-0.15, -0.1) is 0 Å². The molecule has 4 aliphatic rings. The molecule has 5 rings (SSSR count). The second-order valence-corrected chi connectivity index (χ2v) is 14.5. The Morgan fingerprint density at radius 2 is 0.967 bits per heavy atom. The summed E-state index contributed by atoms with van der Waals surface area (Å²) in [6.45, 7) is 0.112. The Hall–Kier alpha value is -3.94. The van der Waals surface area contributed by atoms with E-state index in [4.69, 9.17) is 42.6 Å². The Labute approximate surface area is 344 Å². The number of rotatable bonds is 15. The molecular weight excluding hydrogens is 832 g/mol. The normalized spacial score (nSPS) is 41.6. The van der Waals surface area contributed by atoms with Gasteiger partial charge in [-0.25, -0.2) is 9.59 Å². The lowest BCUT2D eigenvalue weighted by molar-refractivity contribution is -0.368. The largest absolute Gasteiger partial charge is 0.497 e. The van der Waals surface area contributed by atoms with Crippen LogP contribution in [0.1, 0.15) is 13.8 Å². The van der Waals surface area contributed by atoms with Crippen LogP contribution >= 0.6 is 0 Å². The van der Waals surface area contributed by atoms with Crippen LogP contribution in [0, 0.1) is 0 Å². The van der Waals surface area contributed by atoms with Crippen molar-refractivity contribution in [2.24, 2.45) is 0 Å². The predicted octanol–water partition coefficient (Wildman–Crippen LogP) is -7.18. The van der Waals surface area contributed by atoms with Gasteiger partial charge < -0.3 is 109 Å². The zero-order valence-electron chi connectivity index (χ0n) is 32.5. The van der Waals surface area contributed by atoms with Crippen LogP contribution in [0.15, 0.2) is 24.3 Å². The molecule has 4 aliphatic heterocycles. The standard InChI is InChI=1S/C35H50N2O24/c1-10(40)36-16-20(44)18(42)14(8-38)55-32(16)58-26-22(46)24(48)35(61-29(26)31(51)52)57-25-17(37-11(2)41)33(56-15(9-39)19(25)43)59-27-21(45)23(47)34(60-28(27)30(49)50)54-13-6-4-12(53-3)5-7-13/h4-7,14-29,32-35,38-39,42-48H,8-9H2,1-3H3,(H,36,40)(H,37,41)(H,49,50)(H,51,52)/t14-,15-,16-,17-,18-,19-,20-,21-,22-,23-,24-,25-,26+,27+,28+,29+,32+,33+,34-,35-/m1/s1. The van der Waals surface area contributed by atoms with E-state index in [1.807, 2.05) is 0 Å². The van der Waals surface area contributed by atoms with Crippen molar-refractivity contribution in [3.63, 3.8) is 0 Å². The number of carbonyl (C=O) groups is 4. The summed E-state index contributed by atoms with van der Waals surface area (Å²) in [6.07, 6.45) is -36.0. The van der Waals surface area contributed by atoms with Gasteiger partial charge in [0.05, 0.1) is 20.3 Å². The summed E-state index contributed by atoms with van der Waals surface area (Å²) in [5.41, 5.74) is 0. The first-order valence-corrected chi connectivity index (χ1v) is 18.7. The molecule has 0 bridgehead atoms. The molecule has 344 valence electrons. The summed E-state index contributed by atoms with van der Waals surface area (Å²) in [5.74, 6) is -4.71. The maximum atomic E-state index is 12.5. The molecule has 0 aliphatic carbocycles. The van der Waals surface area contributed by atoms with Gasteiger partial charge in [-0.1, -0.05) is 0 Å². The third-order valence-electron chi connectivity index (χ3n) is 10.2. The second-order valence-electron chi connectivity index (χ2n) is 14.5. The quantitative estimate of drug-likeness (QED) is 0.0778. The van der Waals surface area contributed by atoms with E-state index in [2.05, 4.69) is 10.6 Å². The molecule has 20 atom stereocenters. The second kappa shape index (κ2) is 20.5. The highest BCUT2D eigenvalue weighted by atomic mass is 16.8. The minimum atomic E-state index is -2.30. The van der Waals surface area contributed by atoms with Crippen LogP contribution in [0.4, 0.5) is 0 Å². The molecule has 0 radical (unpaired) electrons. The molecule has 61 heavy (non-hydrogen) atoms. The number of carboxylic acid groups (broad SMARTS) is 2. The SMILES string of the molecule is COc1ccc(O[C@@H]2O[C@H](C(=O)O)[C@@H](O[C@@H]3O[C@H](CO)[C@@H](O)[C@H](O[C@@H]4O[C@H](C(=O)O)[C@@H](O[C@@H]5O[C@H](CO)[C@@H](O)[C@H](O)[C@H]5NC(C)=O)[C@H](O)[C@H]4O)[C@H]3NC(C)=O)[C@H](O)[C@H]2O)cc1. The number of benzene rings is 1. The molecule has 1 aromatic rings. The van der Waals surface area contributed by atoms with Crippen LogP contribution in [-0.4, -0.2) is 223 Å². The smallest absolute Gasteiger partial charge is 0.335 e. The minimum absolute atomic E-state index is 0.0763. The summed E-state index contributed by atoms with van der Waals surface area (Å²) in [4.78, 5) is 49.4. The number of aliphatic hydroxyl groups excluding tert-OH is 9. The lowest BCUT2D eigenvalue weighted by Gasteiger charge is -2.49. The molecule has 0 spiro atoms. The number of amides is 2. The molecule has 4 fully saturated rings. The van der Waals surface area contributed by atoms with Gasteiger partial charge >= 0.3 is 11.9 Å². The molecule has 0 saturated carbocycles. The monoisotopic (exact) mass is 882 g/mol. The first-order valence-electron chi connectivity index (χ1n) is 18.7. The third kappa shape index (κ3) is 10.6. The molecule has 0 unspecified atom stereocenters. The Balaban J connectivity index is 1.39. The van der Waals surface area contributed by atoms with E-state index in [0.29, 0.717) is 5.75 Å². The highest BCUT2D eigenvalue weighted by molar-refractivity contribution is 5.75. The number of hydrogen-bond acceptors (Lipinski definition) is 22. The number of carbonyl (C=O) groups excluding carboxylic acids is 2. The Morgan fingerprint density at radius 3 is 1.44 bits per heavy atom. The molecule has 2 amide bonds. The fourth-order valence-corrected chi connectivity index (χ4v) is 7.16. The summed E-state index contributed by atoms with van der Waals surface area (Å²) < 4.78 is 50.0. The summed E-state index contributed by atoms with van der Waals surface area (Å²) in [6, 6.07) is 2.38. The molecule has 13 N–H and O–H groups in total. The minimum Gasteiger partial charge on any atom is -0.497 e. The average Bonchev–Trinajstić information content (AvgIpc) is 3.21. The molecule has 26 heteroatoms. The van der Waals surface area contributed by atoms with E-state index < -0.39 is 160 Å². The van der Waals surface area contributed by atoms with Crippen LogP contribution in [0.2, 0.25) is 0 Å². The zero-order chi connectivity index (χ0) is 45.0. The van der Waals surface area contributed by atoms with E-state index in [1.165, 1.54) is 31.4 Å². The number of methoxy groups -OCH3 is 1. The Morgan fingerprint density at radius 1 is 0.541 bits per heavy atom. The van der Waals surface area contributed by atoms with Gasteiger partial charge in [0.2, 0.25) is 18.1 Å². The van der Waals surface area contributed by atoms with Crippen molar-refractivity contribution in [3.8, 4) is 11.5 Å². The number of nitrogens with one attached hydrogen (secondary N) is 2. The van der Waals surface area contributed by atoms with E-state index in [9.17, 15) is 75.3 Å². The molecular formula is C35H50N2O24. The summed E-state index contributed by atoms with van der Waals surface area (Å²) >= 11 is 0. The molecule has 0 aromatic heterocycles. The van der Waals surface area contributed by atoms with Crippen LogP contribution in [-0.2, 0) is 52.3 Å². The van der Waals surface area contributed by atoms with Gasteiger partial charge in [0.25, 0.3) is 0 Å². The number of hydrogen-bond donors (Lipinski definition) is 13. The van der Waals surface area contributed by atoms with Crippen molar-refractivity contribution < 1.29 is 118 Å². The lowest BCUT2D eigenvalue weighted by Crippen LogP contribution is -2.70. The van der Waals surface area contributed by atoms with Crippen molar-refractivity contribution in [1.82, 2.24) is 10.6 Å². The van der Waals surface area contributed by atoms with Crippen molar-refractivity contribution in [2.75, 3.05) is 20.3 Å². The summed E-state index contributed by atoms with van der Waals surface area (Å²) in [7, 11) is 1.41. The van der Waals surface area contributed by atoms with Crippen molar-refractivity contribution >= 4 is 23.8 Å². The van der Waals surface area contributed by atoms with E-state index in [-0.39, 0.29) is 5.75 Å². The highest BCUT2D eigenvalue weighted by Gasteiger charge is 2.58. The molecule has 4 heterocycles. The van der Waals surface area contributed by atoms with Crippen LogP contribution in [0.25, 0.3) is 0 Å². The first kappa shape index (κ1) is 48.1. The van der Waals surface area contributed by atoms with E-state index in [1.54, 1.807) is 0 Å². The number of ether oxygens (including phenoxy) is 9. The zero-order valence-corrected chi connectivity index (χ0v) is 32.5. The van der Waals surface area contributed by atoms with Crippen molar-refractivity contribution in [2.45, 2.75) is 137 Å². The fourth-order valence-electron chi connectivity index (χ4n) is 7.16. The fraction of sp³-hybridized carbons (Fsp3) is 0.714. The third-order valence-corrected chi connectivity index (χ3v) is 10.2. The van der Waals surface area contributed by atoms with E-state index in [0.717, 1.165) is 13.8 Å². The van der Waals surface area contributed by atoms with Crippen molar-refractivity contribution in [1.29, 1.82) is 0 Å².